The molecule has 0 aromatic carbocycles. The highest BCUT2D eigenvalue weighted by Crippen LogP contribution is 2.25. The summed E-state index contributed by atoms with van der Waals surface area (Å²) in [5, 5.41) is 0. The normalized spacial score (nSPS) is 16.6. The van der Waals surface area contributed by atoms with Crippen LogP contribution in [-0.2, 0) is 4.79 Å². The van der Waals surface area contributed by atoms with Gasteiger partial charge in [0.05, 0.1) is 0 Å². The Kier molecular flexibility index (Phi) is 3.33. The molecule has 14 heavy (non-hydrogen) atoms. The molecule has 1 aliphatic carbocycles. The molecule has 0 aliphatic heterocycles. The van der Waals surface area contributed by atoms with E-state index in [1.165, 1.54) is 0 Å². The maximum Gasteiger partial charge on any atom is 0.156 e. The van der Waals surface area contributed by atoms with Crippen molar-refractivity contribution < 1.29 is 4.79 Å². The summed E-state index contributed by atoms with van der Waals surface area (Å²) >= 11 is 0. The Morgan fingerprint density at radius 1 is 1.29 bits per heavy atom. The first-order valence-electron chi connectivity index (χ1n) is 5.16. The quantitative estimate of drug-likeness (QED) is 0.476. The average molecular weight is 206 g/mol. The lowest BCUT2D eigenvalue weighted by atomic mass is 10.1. The Balaban J connectivity index is 2.91. The van der Waals surface area contributed by atoms with Gasteiger partial charge in [-0.15, -0.1) is 5.54 Å². The van der Waals surface area contributed by atoms with Crippen molar-refractivity contribution in [3.05, 3.63) is 11.1 Å². The first kappa shape index (κ1) is 11.3. The van der Waals surface area contributed by atoms with E-state index in [-0.39, 0.29) is 5.78 Å². The van der Waals surface area contributed by atoms with Crippen LogP contribution < -0.4 is 0 Å². The molecule has 2 heteroatoms. The second kappa shape index (κ2) is 4.14. The van der Waals surface area contributed by atoms with Gasteiger partial charge in [0, 0.05) is 11.1 Å². The molecule has 0 radical (unpaired) electrons. The number of carbonyl (C=O) groups excluding carboxylic acids is 1. The largest absolute Gasteiger partial charge is 0.295 e. The Morgan fingerprint density at radius 2 is 1.93 bits per heavy atom. The Morgan fingerprint density at radius 3 is 2.43 bits per heavy atom. The average Bonchev–Trinajstić information content (AvgIpc) is 2.46. The third-order valence-corrected chi connectivity index (χ3v) is 3.11. The fourth-order valence-corrected chi connectivity index (χ4v) is 2.06. The van der Waals surface area contributed by atoms with Gasteiger partial charge in [-0.05, 0) is 26.2 Å². The Labute approximate surface area is 87.6 Å². The van der Waals surface area contributed by atoms with E-state index in [9.17, 15) is 4.79 Å². The third-order valence-electron chi connectivity index (χ3n) is 2.23. The monoisotopic (exact) mass is 206 g/mol. The summed E-state index contributed by atoms with van der Waals surface area (Å²) in [6.07, 6.45) is 3.04. The van der Waals surface area contributed by atoms with Gasteiger partial charge in [0.25, 0.3) is 0 Å². The number of allylic oxidation sites excluding steroid dienone is 2. The van der Waals surface area contributed by atoms with Crippen LogP contribution in [0.4, 0.5) is 0 Å². The van der Waals surface area contributed by atoms with Gasteiger partial charge in [-0.3, -0.25) is 4.79 Å². The van der Waals surface area contributed by atoms with Crippen LogP contribution in [0.5, 0.6) is 0 Å². The third kappa shape index (κ3) is 3.15. The van der Waals surface area contributed by atoms with Gasteiger partial charge in [-0.1, -0.05) is 25.6 Å². The molecule has 0 N–H and O–H groups in total. The van der Waals surface area contributed by atoms with Crippen LogP contribution in [0.1, 0.15) is 26.2 Å². The number of Topliss-reactive ketones (excluding diaryl/α,β-unsaturated/α-hetero) is 1. The molecule has 0 atom stereocenters. The van der Waals surface area contributed by atoms with E-state index in [1.54, 1.807) is 6.92 Å². The lowest BCUT2D eigenvalue weighted by Gasteiger charge is -2.04. The second-order valence-corrected chi connectivity index (χ2v) is 9.62. The van der Waals surface area contributed by atoms with Crippen molar-refractivity contribution in [3.63, 3.8) is 0 Å². The van der Waals surface area contributed by atoms with E-state index in [0.29, 0.717) is 0 Å². The maximum absolute atomic E-state index is 11.3. The van der Waals surface area contributed by atoms with Crippen LogP contribution >= 0.6 is 0 Å². The molecule has 0 bridgehead atoms. The zero-order chi connectivity index (χ0) is 10.8. The first-order chi connectivity index (χ1) is 6.40. The van der Waals surface area contributed by atoms with Crippen LogP contribution in [0, 0.1) is 11.5 Å². The van der Waals surface area contributed by atoms with E-state index >= 15 is 0 Å². The topological polar surface area (TPSA) is 17.1 Å². The first-order valence-corrected chi connectivity index (χ1v) is 8.66. The van der Waals surface area contributed by atoms with Crippen LogP contribution in [0.15, 0.2) is 11.1 Å². The highest BCUT2D eigenvalue weighted by atomic mass is 28.3. The minimum Gasteiger partial charge on any atom is -0.295 e. The van der Waals surface area contributed by atoms with Crippen molar-refractivity contribution in [1.29, 1.82) is 0 Å². The van der Waals surface area contributed by atoms with Crippen LogP contribution in [0.25, 0.3) is 0 Å². The van der Waals surface area contributed by atoms with Crippen LogP contribution in [0.2, 0.25) is 19.6 Å². The highest BCUT2D eigenvalue weighted by Gasteiger charge is 2.17. The van der Waals surface area contributed by atoms with Crippen molar-refractivity contribution in [2.75, 3.05) is 0 Å². The maximum atomic E-state index is 11.3. The fourth-order valence-electron chi connectivity index (χ4n) is 1.53. The number of hydrogen-bond donors (Lipinski definition) is 0. The summed E-state index contributed by atoms with van der Waals surface area (Å²) in [4.78, 5) is 11.3. The van der Waals surface area contributed by atoms with Gasteiger partial charge < -0.3 is 0 Å². The van der Waals surface area contributed by atoms with Crippen LogP contribution in [0.3, 0.4) is 0 Å². The van der Waals surface area contributed by atoms with E-state index in [0.717, 1.165) is 30.4 Å². The molecular formula is C12H18OSi. The summed E-state index contributed by atoms with van der Waals surface area (Å²) in [5.74, 6) is 3.43. The second-order valence-electron chi connectivity index (χ2n) is 4.87. The molecule has 1 nitrogen and oxygen atoms in total. The summed E-state index contributed by atoms with van der Waals surface area (Å²) in [7, 11) is -1.30. The van der Waals surface area contributed by atoms with Gasteiger partial charge in [0.2, 0.25) is 0 Å². The predicted molar refractivity (Wildman–Crippen MR) is 62.7 cm³/mol. The number of carbonyl (C=O) groups is 1. The van der Waals surface area contributed by atoms with Gasteiger partial charge >= 0.3 is 0 Å². The highest BCUT2D eigenvalue weighted by molar-refractivity contribution is 6.83. The minimum atomic E-state index is -1.30. The molecule has 0 saturated carbocycles. The molecule has 0 fully saturated rings. The molecular weight excluding hydrogens is 188 g/mol. The lowest BCUT2D eigenvalue weighted by molar-refractivity contribution is -0.113. The smallest absolute Gasteiger partial charge is 0.156 e. The molecule has 0 saturated heterocycles. The molecule has 0 aromatic heterocycles. The zero-order valence-electron chi connectivity index (χ0n) is 9.53. The Hall–Kier alpha value is -0.813. The van der Waals surface area contributed by atoms with Gasteiger partial charge in [-0.2, -0.15) is 0 Å². The van der Waals surface area contributed by atoms with E-state index in [4.69, 9.17) is 0 Å². The number of rotatable bonds is 1. The molecule has 0 heterocycles. The molecule has 76 valence electrons. The van der Waals surface area contributed by atoms with Crippen molar-refractivity contribution >= 4 is 13.9 Å². The SMILES string of the molecule is CC(=O)C1=C(C#C[Si](C)(C)C)CCC1. The summed E-state index contributed by atoms with van der Waals surface area (Å²) in [6.45, 7) is 8.33. The number of hydrogen-bond acceptors (Lipinski definition) is 1. The molecule has 1 rings (SSSR count). The summed E-state index contributed by atoms with van der Waals surface area (Å²) in [5.41, 5.74) is 5.42. The zero-order valence-corrected chi connectivity index (χ0v) is 10.5. The van der Waals surface area contributed by atoms with Crippen molar-refractivity contribution in [3.8, 4) is 11.5 Å². The number of ketones is 1. The van der Waals surface area contributed by atoms with Crippen LogP contribution in [-0.4, -0.2) is 13.9 Å². The molecule has 0 amide bonds. The molecule has 0 aromatic rings. The summed E-state index contributed by atoms with van der Waals surface area (Å²) < 4.78 is 0. The molecule has 0 spiro atoms. The van der Waals surface area contributed by atoms with E-state index in [1.807, 2.05) is 0 Å². The predicted octanol–water partition coefficient (Wildman–Crippen LogP) is 2.94. The van der Waals surface area contributed by atoms with Gasteiger partial charge in [0.1, 0.15) is 8.07 Å². The standard InChI is InChI=1S/C12H18OSi/c1-10(13)12-7-5-6-11(12)8-9-14(2,3)4/h5-7H2,1-4H3. The van der Waals surface area contributed by atoms with E-state index in [2.05, 4.69) is 31.1 Å². The summed E-state index contributed by atoms with van der Waals surface area (Å²) in [6, 6.07) is 0. The fraction of sp³-hybridized carbons (Fsp3) is 0.583. The lowest BCUT2D eigenvalue weighted by Crippen LogP contribution is -2.16. The van der Waals surface area contributed by atoms with Gasteiger partial charge in [-0.25, -0.2) is 0 Å². The van der Waals surface area contributed by atoms with Crippen molar-refractivity contribution in [2.45, 2.75) is 45.8 Å². The van der Waals surface area contributed by atoms with Gasteiger partial charge in [0.15, 0.2) is 5.78 Å². The van der Waals surface area contributed by atoms with Crippen molar-refractivity contribution in [1.82, 2.24) is 0 Å². The molecule has 1 aliphatic rings. The van der Waals surface area contributed by atoms with Crippen molar-refractivity contribution in [2.24, 2.45) is 0 Å². The van der Waals surface area contributed by atoms with E-state index < -0.39 is 8.07 Å². The Bertz CT molecular complexity index is 334. The molecule has 0 unspecified atom stereocenters. The minimum absolute atomic E-state index is 0.211.